The fraction of sp³-hybridized carbons (Fsp3) is 0.188. The minimum Gasteiger partial charge on any atom is -0.298 e. The van der Waals surface area contributed by atoms with E-state index in [9.17, 15) is 13.6 Å². The van der Waals surface area contributed by atoms with Gasteiger partial charge in [-0.2, -0.15) is 0 Å². The third-order valence-electron chi connectivity index (χ3n) is 2.88. The van der Waals surface area contributed by atoms with E-state index in [4.69, 9.17) is 0 Å². The average Bonchev–Trinajstić information content (AvgIpc) is 2.41. The molecule has 20 heavy (non-hydrogen) atoms. The van der Waals surface area contributed by atoms with Crippen molar-refractivity contribution in [3.63, 3.8) is 0 Å². The van der Waals surface area contributed by atoms with Gasteiger partial charge >= 0.3 is 0 Å². The van der Waals surface area contributed by atoms with E-state index in [0.717, 1.165) is 16.5 Å². The number of hydrogen-bond acceptors (Lipinski definition) is 2. The summed E-state index contributed by atoms with van der Waals surface area (Å²) in [5.74, 6) is -1.10. The second-order valence-corrected chi connectivity index (χ2v) is 5.52. The molecule has 2 aromatic rings. The van der Waals surface area contributed by atoms with Crippen LogP contribution < -0.4 is 0 Å². The second kappa shape index (κ2) is 6.66. The van der Waals surface area contributed by atoms with Crippen LogP contribution in [0.15, 0.2) is 47.4 Å². The van der Waals surface area contributed by atoms with Gasteiger partial charge in [0.25, 0.3) is 0 Å². The predicted octanol–water partition coefficient (Wildman–Crippen LogP) is 4.18. The van der Waals surface area contributed by atoms with Crippen molar-refractivity contribution in [3.05, 3.63) is 65.2 Å². The van der Waals surface area contributed by atoms with Gasteiger partial charge in [0.05, 0.1) is 5.75 Å². The predicted molar refractivity (Wildman–Crippen MR) is 77.0 cm³/mol. The van der Waals surface area contributed by atoms with E-state index in [2.05, 4.69) is 0 Å². The SMILES string of the molecule is Cc1ccccc1SCC(=O)Cc1ccc(F)cc1F. The summed E-state index contributed by atoms with van der Waals surface area (Å²) in [4.78, 5) is 12.9. The highest BCUT2D eigenvalue weighted by molar-refractivity contribution is 8.00. The molecular formula is C16H14F2OS. The molecule has 0 fully saturated rings. The summed E-state index contributed by atoms with van der Waals surface area (Å²) in [6.45, 7) is 1.98. The quantitative estimate of drug-likeness (QED) is 0.769. The van der Waals surface area contributed by atoms with Crippen LogP contribution in [0.1, 0.15) is 11.1 Å². The molecule has 0 radical (unpaired) electrons. The van der Waals surface area contributed by atoms with Crippen molar-refractivity contribution >= 4 is 17.5 Å². The first kappa shape index (κ1) is 14.7. The summed E-state index contributed by atoms with van der Waals surface area (Å²) in [7, 11) is 0. The molecular weight excluding hydrogens is 278 g/mol. The van der Waals surface area contributed by atoms with Gasteiger partial charge in [-0.15, -0.1) is 11.8 Å². The van der Waals surface area contributed by atoms with Crippen LogP contribution in [0.25, 0.3) is 0 Å². The first-order valence-corrected chi connectivity index (χ1v) is 7.19. The van der Waals surface area contributed by atoms with Crippen LogP contribution in [0.3, 0.4) is 0 Å². The monoisotopic (exact) mass is 292 g/mol. The Morgan fingerprint density at radius 1 is 1.15 bits per heavy atom. The summed E-state index contributed by atoms with van der Waals surface area (Å²) in [5.41, 5.74) is 1.35. The van der Waals surface area contributed by atoms with E-state index < -0.39 is 11.6 Å². The van der Waals surface area contributed by atoms with Gasteiger partial charge in [-0.3, -0.25) is 4.79 Å². The highest BCUT2D eigenvalue weighted by Crippen LogP contribution is 2.22. The van der Waals surface area contributed by atoms with Gasteiger partial charge in [-0.05, 0) is 30.2 Å². The lowest BCUT2D eigenvalue weighted by atomic mass is 10.1. The standard InChI is InChI=1S/C16H14F2OS/c1-11-4-2-3-5-16(11)20-10-14(19)8-12-6-7-13(17)9-15(12)18/h2-7,9H,8,10H2,1H3. The Kier molecular flexibility index (Phi) is 4.90. The summed E-state index contributed by atoms with van der Waals surface area (Å²) in [6, 6.07) is 11.1. The first-order valence-electron chi connectivity index (χ1n) is 6.20. The Morgan fingerprint density at radius 3 is 2.60 bits per heavy atom. The Hall–Kier alpha value is -1.68. The third-order valence-corrected chi connectivity index (χ3v) is 4.12. The second-order valence-electron chi connectivity index (χ2n) is 4.51. The molecule has 0 aliphatic rings. The number of carbonyl (C=O) groups is 1. The molecule has 0 heterocycles. The lowest BCUT2D eigenvalue weighted by Crippen LogP contribution is -2.07. The maximum Gasteiger partial charge on any atom is 0.147 e. The number of Topliss-reactive ketones (excluding diaryl/α,β-unsaturated/α-hetero) is 1. The fourth-order valence-electron chi connectivity index (χ4n) is 1.81. The molecule has 2 rings (SSSR count). The van der Waals surface area contributed by atoms with E-state index >= 15 is 0 Å². The van der Waals surface area contributed by atoms with E-state index in [1.165, 1.54) is 23.9 Å². The van der Waals surface area contributed by atoms with Gasteiger partial charge in [-0.25, -0.2) is 8.78 Å². The van der Waals surface area contributed by atoms with Crippen molar-refractivity contribution in [2.24, 2.45) is 0 Å². The molecule has 0 aromatic heterocycles. The Labute approximate surface area is 121 Å². The largest absolute Gasteiger partial charge is 0.298 e. The molecule has 0 amide bonds. The minimum absolute atomic E-state index is 0.00893. The molecule has 0 atom stereocenters. The first-order chi connectivity index (χ1) is 9.56. The molecule has 1 nitrogen and oxygen atoms in total. The van der Waals surface area contributed by atoms with Gasteiger partial charge in [-0.1, -0.05) is 24.3 Å². The van der Waals surface area contributed by atoms with E-state index in [1.807, 2.05) is 31.2 Å². The molecule has 0 N–H and O–H groups in total. The molecule has 0 saturated heterocycles. The lowest BCUT2D eigenvalue weighted by Gasteiger charge is -2.05. The van der Waals surface area contributed by atoms with Crippen molar-refractivity contribution in [1.82, 2.24) is 0 Å². The van der Waals surface area contributed by atoms with Crippen LogP contribution in [-0.2, 0) is 11.2 Å². The number of ketones is 1. The molecule has 0 spiro atoms. The zero-order valence-corrected chi connectivity index (χ0v) is 11.8. The normalized spacial score (nSPS) is 10.6. The average molecular weight is 292 g/mol. The van der Waals surface area contributed by atoms with Crippen molar-refractivity contribution in [1.29, 1.82) is 0 Å². The topological polar surface area (TPSA) is 17.1 Å². The number of thioether (sulfide) groups is 1. The summed E-state index contributed by atoms with van der Waals surface area (Å²) >= 11 is 1.44. The van der Waals surface area contributed by atoms with Crippen LogP contribution in [0, 0.1) is 18.6 Å². The molecule has 104 valence electrons. The van der Waals surface area contributed by atoms with Crippen LogP contribution in [-0.4, -0.2) is 11.5 Å². The number of benzene rings is 2. The highest BCUT2D eigenvalue weighted by atomic mass is 32.2. The molecule has 0 saturated carbocycles. The molecule has 2 aromatic carbocycles. The third kappa shape index (κ3) is 3.90. The van der Waals surface area contributed by atoms with Crippen LogP contribution in [0.4, 0.5) is 8.78 Å². The fourth-order valence-corrected chi connectivity index (χ4v) is 2.69. The van der Waals surface area contributed by atoms with E-state index in [-0.39, 0.29) is 23.5 Å². The molecule has 0 bridgehead atoms. The van der Waals surface area contributed by atoms with Crippen molar-refractivity contribution in [2.75, 3.05) is 5.75 Å². The van der Waals surface area contributed by atoms with Crippen molar-refractivity contribution in [2.45, 2.75) is 18.2 Å². The Balaban J connectivity index is 1.94. The molecule has 0 aliphatic carbocycles. The lowest BCUT2D eigenvalue weighted by molar-refractivity contribution is -0.116. The van der Waals surface area contributed by atoms with Gasteiger partial charge in [0.1, 0.15) is 17.4 Å². The minimum atomic E-state index is -0.667. The highest BCUT2D eigenvalue weighted by Gasteiger charge is 2.10. The van der Waals surface area contributed by atoms with E-state index in [0.29, 0.717) is 0 Å². The van der Waals surface area contributed by atoms with Gasteiger partial charge in [0.15, 0.2) is 0 Å². The molecule has 4 heteroatoms. The summed E-state index contributed by atoms with van der Waals surface area (Å²) in [5, 5.41) is 0. The number of halogens is 2. The molecule has 0 unspecified atom stereocenters. The van der Waals surface area contributed by atoms with Gasteiger partial charge < -0.3 is 0 Å². The van der Waals surface area contributed by atoms with Crippen molar-refractivity contribution < 1.29 is 13.6 Å². The van der Waals surface area contributed by atoms with Crippen LogP contribution in [0.5, 0.6) is 0 Å². The summed E-state index contributed by atoms with van der Waals surface area (Å²) in [6.07, 6.45) is -0.00893. The number of hydrogen-bond donors (Lipinski definition) is 0. The maximum atomic E-state index is 13.4. The summed E-state index contributed by atoms with van der Waals surface area (Å²) < 4.78 is 26.2. The molecule has 0 aliphatic heterocycles. The maximum absolute atomic E-state index is 13.4. The number of rotatable bonds is 5. The number of carbonyl (C=O) groups excluding carboxylic acids is 1. The Morgan fingerprint density at radius 2 is 1.90 bits per heavy atom. The van der Waals surface area contributed by atoms with Gasteiger partial charge in [0, 0.05) is 17.4 Å². The van der Waals surface area contributed by atoms with Crippen molar-refractivity contribution in [3.8, 4) is 0 Å². The smallest absolute Gasteiger partial charge is 0.147 e. The van der Waals surface area contributed by atoms with E-state index in [1.54, 1.807) is 0 Å². The number of aryl methyl sites for hydroxylation is 1. The zero-order valence-electron chi connectivity index (χ0n) is 11.0. The zero-order chi connectivity index (χ0) is 14.5. The van der Waals surface area contributed by atoms with Crippen LogP contribution >= 0.6 is 11.8 Å². The Bertz CT molecular complexity index is 626. The van der Waals surface area contributed by atoms with Gasteiger partial charge in [0.2, 0.25) is 0 Å². The van der Waals surface area contributed by atoms with Crippen LogP contribution in [0.2, 0.25) is 0 Å².